The Morgan fingerprint density at radius 1 is 0.667 bits per heavy atom. The van der Waals surface area contributed by atoms with Gasteiger partial charge in [-0.25, -0.2) is 0 Å². The van der Waals surface area contributed by atoms with Crippen molar-refractivity contribution in [1.82, 2.24) is 5.69 Å². The third-order valence-electron chi connectivity index (χ3n) is 5.56. The van der Waals surface area contributed by atoms with Crippen LogP contribution in [0.1, 0.15) is 26.7 Å². The number of rotatable bonds is 6. The topological polar surface area (TPSA) is 6.48 Å². The Hall–Kier alpha value is -0.237. The van der Waals surface area contributed by atoms with Crippen LogP contribution in [0.2, 0.25) is 6.25 Å². The first kappa shape index (κ1) is 17.1. The van der Waals surface area contributed by atoms with Crippen LogP contribution in [-0.4, -0.2) is 33.9 Å². The van der Waals surface area contributed by atoms with Crippen molar-refractivity contribution >= 4 is 0 Å². The van der Waals surface area contributed by atoms with Crippen LogP contribution in [0, 0.1) is 0 Å². The Balaban J connectivity index is 2.77. The molecule has 0 radical (unpaired) electrons. The quantitative estimate of drug-likeness (QED) is 0.684. The van der Waals surface area contributed by atoms with Gasteiger partial charge in [0.2, 0.25) is 0 Å². The van der Waals surface area contributed by atoms with Gasteiger partial charge in [-0.05, 0) is 0 Å². The minimum absolute atomic E-state index is 0.219. The predicted molar refractivity (Wildman–Crippen MR) is 89.9 cm³/mol. The molecule has 0 unspecified atom stereocenters. The molecule has 0 saturated heterocycles. The first-order valence-corrected chi connectivity index (χ1v) is 12.7. The monoisotopic (exact) mass is 364 g/mol. The second-order valence-electron chi connectivity index (χ2n) is 6.69. The molecule has 2 nitrogen and oxygen atoms in total. The van der Waals surface area contributed by atoms with E-state index < -0.39 is 20.8 Å². The van der Waals surface area contributed by atoms with Crippen molar-refractivity contribution in [1.29, 1.82) is 0 Å². The van der Waals surface area contributed by atoms with Gasteiger partial charge in [-0.15, -0.1) is 0 Å². The van der Waals surface area contributed by atoms with E-state index in [1.54, 1.807) is 0 Å². The van der Waals surface area contributed by atoms with Crippen LogP contribution in [0.3, 0.4) is 0 Å². The van der Waals surface area contributed by atoms with Crippen LogP contribution >= 0.6 is 0 Å². The molecule has 116 valence electrons. The third-order valence-corrected chi connectivity index (χ3v) is 21.7. The van der Waals surface area contributed by atoms with Gasteiger partial charge >= 0.3 is 136 Å². The molecule has 0 aromatic heterocycles. The van der Waals surface area contributed by atoms with Crippen molar-refractivity contribution in [3.05, 3.63) is 48.6 Å². The standard InChI is InChI=1S/2C7H9.2C2H6N.Zr/c2*1-2-7-5-3-4-6-7;2*1-3-2;/h2*3-6H,2H2,1H3;2*1-2H3;/q;;2*-1;+2. The third kappa shape index (κ3) is 2.16. The summed E-state index contributed by atoms with van der Waals surface area (Å²) in [6, 6.07) is 0. The van der Waals surface area contributed by atoms with E-state index in [9.17, 15) is 0 Å². The van der Waals surface area contributed by atoms with E-state index in [-0.39, 0.29) is 6.25 Å². The fraction of sp³-hybridized carbons (Fsp3) is 0.556. The Bertz CT molecular complexity index is 427. The second-order valence-corrected chi connectivity index (χ2v) is 19.0. The van der Waals surface area contributed by atoms with E-state index in [0.29, 0.717) is 0 Å². The maximum atomic E-state index is 2.63. The molecule has 3 heteroatoms. The number of allylic oxidation sites excluding steroid dienone is 8. The summed E-state index contributed by atoms with van der Waals surface area (Å²) >= 11 is -3.06. The van der Waals surface area contributed by atoms with Crippen molar-refractivity contribution in [2.24, 2.45) is 0 Å². The maximum absolute atomic E-state index is 3.06. The molecule has 2 rings (SSSR count). The summed E-state index contributed by atoms with van der Waals surface area (Å²) < 4.78 is 5.69. The van der Waals surface area contributed by atoms with Gasteiger partial charge in [-0.1, -0.05) is 0 Å². The van der Waals surface area contributed by atoms with E-state index in [1.807, 2.05) is 0 Å². The molecule has 0 N–H and O–H groups in total. The summed E-state index contributed by atoms with van der Waals surface area (Å²) in [4.78, 5) is 0. The zero-order valence-electron chi connectivity index (χ0n) is 14.4. The normalized spacial score (nSPS) is 22.1. The van der Waals surface area contributed by atoms with Gasteiger partial charge in [0.1, 0.15) is 0 Å². The summed E-state index contributed by atoms with van der Waals surface area (Å²) in [5.74, 6) is 0. The number of nitrogens with zero attached hydrogens (tertiary/aromatic N) is 2. The molecule has 0 heterocycles. The van der Waals surface area contributed by atoms with Crippen molar-refractivity contribution < 1.29 is 20.8 Å². The van der Waals surface area contributed by atoms with Crippen LogP contribution in [0.4, 0.5) is 0 Å². The van der Waals surface area contributed by atoms with Crippen molar-refractivity contribution in [2.45, 2.75) is 32.9 Å². The van der Waals surface area contributed by atoms with Crippen molar-refractivity contribution in [3.8, 4) is 0 Å². The molecule has 2 aliphatic rings. The van der Waals surface area contributed by atoms with Gasteiger partial charge in [0.05, 0.1) is 0 Å². The van der Waals surface area contributed by atoms with Crippen molar-refractivity contribution in [3.63, 3.8) is 0 Å². The SMILES string of the molecule is CC[C]1([Zr]([N](C)C)([N](C)C)[C]2(CC)C=CC=C2)C=CC=C1. The molecule has 0 aromatic carbocycles. The summed E-state index contributed by atoms with van der Waals surface area (Å²) in [6.45, 7) is 4.70. The number of hydrogen-bond acceptors (Lipinski definition) is 2. The summed E-state index contributed by atoms with van der Waals surface area (Å²) in [5, 5.41) is 0. The van der Waals surface area contributed by atoms with Gasteiger partial charge in [-0.3, -0.25) is 0 Å². The Labute approximate surface area is 136 Å². The molecule has 0 fully saturated rings. The molecule has 0 aliphatic heterocycles. The first-order chi connectivity index (χ1) is 9.92. The predicted octanol–water partition coefficient (Wildman–Crippen LogP) is 4.48. The zero-order chi connectivity index (χ0) is 15.7. The number of hydrogen-bond donors (Lipinski definition) is 0. The molecule has 0 spiro atoms. The van der Waals surface area contributed by atoms with E-state index in [2.05, 4.69) is 96.3 Å². The molecular weight excluding hydrogens is 335 g/mol. The second kappa shape index (κ2) is 6.10. The average Bonchev–Trinajstić information content (AvgIpc) is 3.09. The zero-order valence-corrected chi connectivity index (χ0v) is 16.9. The Kier molecular flexibility index (Phi) is 4.98. The molecule has 21 heavy (non-hydrogen) atoms. The molecule has 0 atom stereocenters. The summed E-state index contributed by atoms with van der Waals surface area (Å²) in [7, 11) is 9.24. The Morgan fingerprint density at radius 2 is 0.952 bits per heavy atom. The molecule has 0 amide bonds. The average molecular weight is 366 g/mol. The molecule has 0 aromatic rings. The van der Waals surface area contributed by atoms with E-state index >= 15 is 0 Å². The van der Waals surface area contributed by atoms with Gasteiger partial charge in [0.25, 0.3) is 0 Å². The first-order valence-electron chi connectivity index (χ1n) is 8.01. The fourth-order valence-corrected chi connectivity index (χ4v) is 22.9. The Morgan fingerprint density at radius 3 is 1.14 bits per heavy atom. The molecule has 0 saturated carbocycles. The van der Waals surface area contributed by atoms with Crippen molar-refractivity contribution in [2.75, 3.05) is 28.2 Å². The van der Waals surface area contributed by atoms with Gasteiger partial charge < -0.3 is 0 Å². The van der Waals surface area contributed by atoms with E-state index in [0.717, 1.165) is 0 Å². The minimum atomic E-state index is -3.06. The van der Waals surface area contributed by atoms with E-state index in [1.165, 1.54) is 12.8 Å². The molecule has 2 aliphatic carbocycles. The van der Waals surface area contributed by atoms with Crippen LogP contribution in [0.25, 0.3) is 0 Å². The van der Waals surface area contributed by atoms with Crippen LogP contribution < -0.4 is 0 Å². The van der Waals surface area contributed by atoms with Crippen LogP contribution in [0.5, 0.6) is 0 Å². The van der Waals surface area contributed by atoms with Gasteiger partial charge in [-0.2, -0.15) is 0 Å². The van der Waals surface area contributed by atoms with Gasteiger partial charge in [0.15, 0.2) is 0 Å². The van der Waals surface area contributed by atoms with E-state index in [4.69, 9.17) is 0 Å². The van der Waals surface area contributed by atoms with Crippen LogP contribution in [0.15, 0.2) is 48.6 Å². The summed E-state index contributed by atoms with van der Waals surface area (Å²) in [5.41, 5.74) is 0. The fourth-order valence-electron chi connectivity index (χ4n) is 4.95. The summed E-state index contributed by atoms with van der Waals surface area (Å²) in [6.07, 6.45) is 21.3. The molecule has 0 bridgehead atoms. The van der Waals surface area contributed by atoms with Gasteiger partial charge in [0, 0.05) is 0 Å². The van der Waals surface area contributed by atoms with Crippen LogP contribution in [-0.2, 0) is 20.8 Å². The molecular formula is C18H30N2Zr.